The van der Waals surface area contributed by atoms with Crippen molar-refractivity contribution < 1.29 is 9.18 Å². The molecule has 0 aliphatic heterocycles. The summed E-state index contributed by atoms with van der Waals surface area (Å²) in [5, 5.41) is 6.11. The number of amides is 1. The van der Waals surface area contributed by atoms with Crippen molar-refractivity contribution >= 4 is 57.3 Å². The summed E-state index contributed by atoms with van der Waals surface area (Å²) in [6, 6.07) is 11.5. The molecule has 0 unspecified atom stereocenters. The lowest BCUT2D eigenvalue weighted by Gasteiger charge is -2.03. The highest BCUT2D eigenvalue weighted by atomic mass is 35.5. The van der Waals surface area contributed by atoms with Crippen molar-refractivity contribution in [3.8, 4) is 11.3 Å². The molecule has 26 heavy (non-hydrogen) atoms. The van der Waals surface area contributed by atoms with E-state index >= 15 is 0 Å². The number of benzene rings is 2. The number of nitrogens with zero attached hydrogens (tertiary/aromatic N) is 1. The molecule has 0 saturated carbocycles. The Kier molecular flexibility index (Phi) is 6.53. The number of anilines is 1. The minimum absolute atomic E-state index is 0.116. The van der Waals surface area contributed by atoms with Gasteiger partial charge in [0.15, 0.2) is 5.13 Å². The monoisotopic (exact) mass is 426 g/mol. The predicted molar refractivity (Wildman–Crippen MR) is 108 cm³/mol. The average molecular weight is 427 g/mol. The summed E-state index contributed by atoms with van der Waals surface area (Å²) in [6.07, 6.45) is 0.337. The van der Waals surface area contributed by atoms with Gasteiger partial charge in [-0.05, 0) is 36.4 Å². The molecule has 3 aromatic rings. The minimum Gasteiger partial charge on any atom is -0.302 e. The molecule has 2 aromatic carbocycles. The summed E-state index contributed by atoms with van der Waals surface area (Å²) < 4.78 is 12.9. The Morgan fingerprint density at radius 3 is 2.65 bits per heavy atom. The Morgan fingerprint density at radius 1 is 1.15 bits per heavy atom. The zero-order valence-electron chi connectivity index (χ0n) is 13.3. The number of carbonyl (C=O) groups is 1. The lowest BCUT2D eigenvalue weighted by Crippen LogP contribution is -2.11. The van der Waals surface area contributed by atoms with Gasteiger partial charge < -0.3 is 5.32 Å². The van der Waals surface area contributed by atoms with E-state index in [1.54, 1.807) is 24.3 Å². The van der Waals surface area contributed by atoms with Gasteiger partial charge in [0, 0.05) is 28.0 Å². The molecule has 8 heteroatoms. The number of halogens is 3. The van der Waals surface area contributed by atoms with Crippen LogP contribution in [0.3, 0.4) is 0 Å². The van der Waals surface area contributed by atoms with Gasteiger partial charge in [0.25, 0.3) is 0 Å². The van der Waals surface area contributed by atoms with E-state index in [9.17, 15) is 9.18 Å². The van der Waals surface area contributed by atoms with Gasteiger partial charge in [-0.2, -0.15) is 0 Å². The molecule has 3 rings (SSSR count). The molecule has 0 radical (unpaired) electrons. The van der Waals surface area contributed by atoms with Crippen molar-refractivity contribution in [3.05, 3.63) is 63.7 Å². The fourth-order valence-corrected chi connectivity index (χ4v) is 3.98. The van der Waals surface area contributed by atoms with E-state index in [0.29, 0.717) is 27.4 Å². The maximum absolute atomic E-state index is 12.9. The van der Waals surface area contributed by atoms with Gasteiger partial charge in [-0.15, -0.1) is 23.1 Å². The van der Waals surface area contributed by atoms with Crippen LogP contribution in [0.25, 0.3) is 11.3 Å². The summed E-state index contributed by atoms with van der Waals surface area (Å²) in [5.41, 5.74) is 1.56. The van der Waals surface area contributed by atoms with Crippen LogP contribution in [-0.4, -0.2) is 16.6 Å². The molecule has 0 saturated heterocycles. The molecule has 3 nitrogen and oxygen atoms in total. The molecule has 0 bridgehead atoms. The fraction of sp³-hybridized carbons (Fsp3) is 0.111. The van der Waals surface area contributed by atoms with Crippen LogP contribution in [-0.2, 0) is 4.79 Å². The van der Waals surface area contributed by atoms with Gasteiger partial charge in [-0.3, -0.25) is 4.79 Å². The van der Waals surface area contributed by atoms with E-state index in [2.05, 4.69) is 10.3 Å². The highest BCUT2D eigenvalue weighted by molar-refractivity contribution is 7.99. The van der Waals surface area contributed by atoms with Crippen molar-refractivity contribution in [1.29, 1.82) is 0 Å². The van der Waals surface area contributed by atoms with Crippen molar-refractivity contribution in [3.63, 3.8) is 0 Å². The Hall–Kier alpha value is -1.60. The van der Waals surface area contributed by atoms with E-state index < -0.39 is 0 Å². The molecule has 1 heterocycles. The van der Waals surface area contributed by atoms with Crippen LogP contribution in [0.4, 0.5) is 9.52 Å². The van der Waals surface area contributed by atoms with Gasteiger partial charge in [0.2, 0.25) is 5.91 Å². The normalized spacial score (nSPS) is 10.7. The topological polar surface area (TPSA) is 42.0 Å². The van der Waals surface area contributed by atoms with Crippen molar-refractivity contribution in [2.45, 2.75) is 11.3 Å². The second-order valence-corrected chi connectivity index (χ2v) is 8.11. The molecule has 1 aromatic heterocycles. The number of thiazole rings is 1. The maximum Gasteiger partial charge on any atom is 0.226 e. The summed E-state index contributed by atoms with van der Waals surface area (Å²) in [6.45, 7) is 0. The quantitative estimate of drug-likeness (QED) is 0.465. The Balaban J connectivity index is 1.52. The fourth-order valence-electron chi connectivity index (χ4n) is 2.09. The van der Waals surface area contributed by atoms with Crippen LogP contribution < -0.4 is 5.32 Å². The maximum atomic E-state index is 12.9. The van der Waals surface area contributed by atoms with Gasteiger partial charge in [-0.1, -0.05) is 29.3 Å². The molecule has 1 N–H and O–H groups in total. The predicted octanol–water partition coefficient (Wildman–Crippen LogP) is 6.38. The van der Waals surface area contributed by atoms with Crippen LogP contribution >= 0.6 is 46.3 Å². The lowest BCUT2D eigenvalue weighted by atomic mass is 10.2. The van der Waals surface area contributed by atoms with E-state index in [-0.39, 0.29) is 11.7 Å². The molecule has 0 fully saturated rings. The number of hydrogen-bond acceptors (Lipinski definition) is 4. The molecule has 0 spiro atoms. The third-order valence-electron chi connectivity index (χ3n) is 3.38. The second kappa shape index (κ2) is 8.86. The minimum atomic E-state index is -0.270. The van der Waals surface area contributed by atoms with Crippen LogP contribution in [0, 0.1) is 5.82 Å². The van der Waals surface area contributed by atoms with Gasteiger partial charge >= 0.3 is 0 Å². The van der Waals surface area contributed by atoms with Crippen LogP contribution in [0.1, 0.15) is 6.42 Å². The summed E-state index contributed by atoms with van der Waals surface area (Å²) in [7, 11) is 0. The van der Waals surface area contributed by atoms with Crippen LogP contribution in [0.15, 0.2) is 52.7 Å². The number of hydrogen-bond donors (Lipinski definition) is 1. The largest absolute Gasteiger partial charge is 0.302 e. The van der Waals surface area contributed by atoms with Crippen molar-refractivity contribution in [2.24, 2.45) is 0 Å². The first kappa shape index (κ1) is 19.2. The molecule has 134 valence electrons. The van der Waals surface area contributed by atoms with Crippen LogP contribution in [0.2, 0.25) is 10.0 Å². The van der Waals surface area contributed by atoms with Crippen molar-refractivity contribution in [1.82, 2.24) is 4.98 Å². The molecular formula is C18H13Cl2FN2OS2. The molecule has 0 atom stereocenters. The third kappa shape index (κ3) is 5.20. The van der Waals surface area contributed by atoms with Crippen molar-refractivity contribution in [2.75, 3.05) is 11.1 Å². The molecular weight excluding hydrogens is 414 g/mol. The van der Waals surface area contributed by atoms with Gasteiger partial charge in [0.05, 0.1) is 15.7 Å². The SMILES string of the molecule is O=C(CCSc1ccc(F)cc1)Nc1nc(-c2ccc(Cl)c(Cl)c2)cs1. The highest BCUT2D eigenvalue weighted by Gasteiger charge is 2.09. The summed E-state index contributed by atoms with van der Waals surface area (Å²) >= 11 is 14.8. The molecule has 0 aliphatic carbocycles. The van der Waals surface area contributed by atoms with Gasteiger partial charge in [0.1, 0.15) is 5.82 Å². The molecule has 0 aliphatic rings. The number of thioether (sulfide) groups is 1. The van der Waals surface area contributed by atoms with Gasteiger partial charge in [-0.25, -0.2) is 9.37 Å². The van der Waals surface area contributed by atoms with E-state index in [4.69, 9.17) is 23.2 Å². The van der Waals surface area contributed by atoms with E-state index in [0.717, 1.165) is 16.2 Å². The number of aromatic nitrogens is 1. The standard InChI is InChI=1S/C18H13Cl2FN2OS2/c19-14-6-1-11(9-15(14)20)16-10-26-18(22-16)23-17(24)7-8-25-13-4-2-12(21)3-5-13/h1-6,9-10H,7-8H2,(H,22,23,24). The Bertz CT molecular complexity index is 916. The zero-order valence-corrected chi connectivity index (χ0v) is 16.5. The number of rotatable bonds is 6. The number of nitrogens with one attached hydrogen (secondary N) is 1. The summed E-state index contributed by atoms with van der Waals surface area (Å²) in [4.78, 5) is 17.4. The lowest BCUT2D eigenvalue weighted by molar-refractivity contribution is -0.115. The third-order valence-corrected chi connectivity index (χ3v) is 5.89. The zero-order chi connectivity index (χ0) is 18.5. The number of carbonyl (C=O) groups excluding carboxylic acids is 1. The second-order valence-electron chi connectivity index (χ2n) is 5.27. The first-order chi connectivity index (χ1) is 12.5. The van der Waals surface area contributed by atoms with E-state index in [1.807, 2.05) is 11.4 Å². The van der Waals surface area contributed by atoms with Crippen LogP contribution in [0.5, 0.6) is 0 Å². The Morgan fingerprint density at radius 2 is 1.92 bits per heavy atom. The van der Waals surface area contributed by atoms with E-state index in [1.165, 1.54) is 35.2 Å². The first-order valence-corrected chi connectivity index (χ1v) is 10.2. The first-order valence-electron chi connectivity index (χ1n) is 7.60. The smallest absolute Gasteiger partial charge is 0.226 e. The molecule has 1 amide bonds. The summed E-state index contributed by atoms with van der Waals surface area (Å²) in [5.74, 6) is 0.214. The average Bonchev–Trinajstić information content (AvgIpc) is 3.07. The highest BCUT2D eigenvalue weighted by Crippen LogP contribution is 2.30. The Labute approximate surface area is 168 Å².